The lowest BCUT2D eigenvalue weighted by molar-refractivity contribution is -0.129. The van der Waals surface area contributed by atoms with Gasteiger partial charge in [0.2, 0.25) is 5.90 Å². The van der Waals surface area contributed by atoms with E-state index in [-0.39, 0.29) is 11.6 Å². The first-order valence-corrected chi connectivity index (χ1v) is 11.0. The monoisotopic (exact) mass is 531 g/mol. The largest absolute Gasteiger partial charge is 0.493 e. The highest BCUT2D eigenvalue weighted by molar-refractivity contribution is 9.10. The number of aliphatic imine (C=N–C) groups is 1. The van der Waals surface area contributed by atoms with E-state index in [2.05, 4.69) is 20.9 Å². The zero-order valence-corrected chi connectivity index (χ0v) is 19.9. The smallest absolute Gasteiger partial charge is 0.363 e. The van der Waals surface area contributed by atoms with Crippen LogP contribution in [0.3, 0.4) is 0 Å². The van der Waals surface area contributed by atoms with Crippen molar-refractivity contribution in [3.05, 3.63) is 97.6 Å². The van der Waals surface area contributed by atoms with Gasteiger partial charge in [0.25, 0.3) is 0 Å². The van der Waals surface area contributed by atoms with E-state index in [1.807, 2.05) is 30.3 Å². The molecule has 0 unspecified atom stereocenters. The fourth-order valence-corrected chi connectivity index (χ4v) is 3.52. The van der Waals surface area contributed by atoms with Crippen LogP contribution in [0.1, 0.15) is 16.7 Å². The van der Waals surface area contributed by atoms with E-state index in [4.69, 9.17) is 37.4 Å². The zero-order valence-electron chi connectivity index (χ0n) is 16.8. The number of nitrogens with zero attached hydrogens (tertiary/aromatic N) is 1. The Balaban J connectivity index is 1.54. The van der Waals surface area contributed by atoms with Crippen LogP contribution >= 0.6 is 39.1 Å². The van der Waals surface area contributed by atoms with Crippen molar-refractivity contribution in [2.45, 2.75) is 6.61 Å². The number of ether oxygens (including phenoxy) is 3. The zero-order chi connectivity index (χ0) is 22.7. The van der Waals surface area contributed by atoms with Crippen molar-refractivity contribution >= 4 is 57.1 Å². The van der Waals surface area contributed by atoms with Gasteiger partial charge in [-0.05, 0) is 59.7 Å². The van der Waals surface area contributed by atoms with Gasteiger partial charge in [0.05, 0.1) is 17.2 Å². The third kappa shape index (κ3) is 5.15. The van der Waals surface area contributed by atoms with Crippen molar-refractivity contribution in [2.75, 3.05) is 7.11 Å². The Labute approximate surface area is 203 Å². The molecule has 0 radical (unpaired) electrons. The highest BCUT2D eigenvalue weighted by atomic mass is 79.9. The lowest BCUT2D eigenvalue weighted by Crippen LogP contribution is -2.05. The summed E-state index contributed by atoms with van der Waals surface area (Å²) < 4.78 is 17.6. The van der Waals surface area contributed by atoms with Gasteiger partial charge in [0.1, 0.15) is 6.61 Å². The van der Waals surface area contributed by atoms with Crippen molar-refractivity contribution in [2.24, 2.45) is 4.99 Å². The molecule has 1 aliphatic heterocycles. The number of esters is 1. The highest BCUT2D eigenvalue weighted by Gasteiger charge is 2.24. The van der Waals surface area contributed by atoms with E-state index >= 15 is 0 Å². The summed E-state index contributed by atoms with van der Waals surface area (Å²) in [5.74, 6) is 0.741. The minimum Gasteiger partial charge on any atom is -0.493 e. The van der Waals surface area contributed by atoms with Gasteiger partial charge in [-0.25, -0.2) is 9.79 Å². The van der Waals surface area contributed by atoms with Crippen LogP contribution in [-0.4, -0.2) is 19.0 Å². The number of methoxy groups -OCH3 is 1. The molecule has 4 rings (SSSR count). The summed E-state index contributed by atoms with van der Waals surface area (Å²) in [6.07, 6.45) is 1.62. The predicted molar refractivity (Wildman–Crippen MR) is 129 cm³/mol. The fourth-order valence-electron chi connectivity index (χ4n) is 2.95. The van der Waals surface area contributed by atoms with Crippen LogP contribution in [0, 0.1) is 0 Å². The number of carbonyl (C=O) groups is 1. The standard InChI is InChI=1S/C24H16BrCl2NO4/c1-30-22-11-15(4-9-21(22)31-13-14-2-6-17(25)7-3-14)10-20-24(29)32-23(28-20)16-5-8-18(26)19(27)12-16/h2-12H,13H2,1H3/b20-10-. The second-order valence-electron chi connectivity index (χ2n) is 6.79. The maximum Gasteiger partial charge on any atom is 0.363 e. The molecule has 0 aromatic heterocycles. The molecule has 0 amide bonds. The number of rotatable bonds is 6. The molecule has 0 saturated heterocycles. The second-order valence-corrected chi connectivity index (χ2v) is 8.52. The topological polar surface area (TPSA) is 57.1 Å². The summed E-state index contributed by atoms with van der Waals surface area (Å²) in [4.78, 5) is 16.6. The molecule has 162 valence electrons. The van der Waals surface area contributed by atoms with Crippen LogP contribution < -0.4 is 9.47 Å². The van der Waals surface area contributed by atoms with Crippen LogP contribution in [0.25, 0.3) is 6.08 Å². The van der Waals surface area contributed by atoms with Crippen LogP contribution in [0.5, 0.6) is 11.5 Å². The second kappa shape index (κ2) is 9.77. The normalized spacial score (nSPS) is 14.3. The van der Waals surface area contributed by atoms with Gasteiger partial charge in [-0.2, -0.15) is 0 Å². The van der Waals surface area contributed by atoms with Crippen LogP contribution in [0.4, 0.5) is 0 Å². The average Bonchev–Trinajstić information content (AvgIpc) is 3.15. The average molecular weight is 533 g/mol. The molecule has 0 bridgehead atoms. The number of hydrogen-bond acceptors (Lipinski definition) is 5. The van der Waals surface area contributed by atoms with Crippen molar-refractivity contribution in [1.29, 1.82) is 0 Å². The molecule has 32 heavy (non-hydrogen) atoms. The van der Waals surface area contributed by atoms with E-state index in [0.717, 1.165) is 10.0 Å². The van der Waals surface area contributed by atoms with Gasteiger partial charge in [0.15, 0.2) is 17.2 Å². The number of halogens is 3. The molecule has 0 saturated carbocycles. The molecule has 0 aliphatic carbocycles. The Kier molecular flexibility index (Phi) is 6.84. The summed E-state index contributed by atoms with van der Waals surface area (Å²) in [7, 11) is 1.56. The lowest BCUT2D eigenvalue weighted by atomic mass is 10.1. The molecule has 5 nitrogen and oxygen atoms in total. The van der Waals surface area contributed by atoms with Crippen molar-refractivity contribution in [3.8, 4) is 11.5 Å². The van der Waals surface area contributed by atoms with E-state index in [0.29, 0.717) is 39.3 Å². The van der Waals surface area contributed by atoms with Gasteiger partial charge >= 0.3 is 5.97 Å². The first-order valence-electron chi connectivity index (χ1n) is 9.46. The summed E-state index contributed by atoms with van der Waals surface area (Å²) in [6.45, 7) is 0.397. The van der Waals surface area contributed by atoms with Gasteiger partial charge < -0.3 is 14.2 Å². The minimum absolute atomic E-state index is 0.164. The highest BCUT2D eigenvalue weighted by Crippen LogP contribution is 2.31. The first kappa shape index (κ1) is 22.4. The number of hydrogen-bond donors (Lipinski definition) is 0. The van der Waals surface area contributed by atoms with Crippen molar-refractivity contribution in [1.82, 2.24) is 0 Å². The molecule has 0 atom stereocenters. The Morgan fingerprint density at radius 2 is 1.78 bits per heavy atom. The quantitative estimate of drug-likeness (QED) is 0.262. The Hall–Kier alpha value is -2.80. The van der Waals surface area contributed by atoms with Crippen molar-refractivity contribution in [3.63, 3.8) is 0 Å². The molecule has 8 heteroatoms. The van der Waals surface area contributed by atoms with Gasteiger partial charge in [-0.1, -0.05) is 57.3 Å². The minimum atomic E-state index is -0.555. The predicted octanol–water partition coefficient (Wildman–Crippen LogP) is 6.69. The van der Waals surface area contributed by atoms with Crippen molar-refractivity contribution < 1.29 is 19.0 Å². The molecule has 1 aliphatic rings. The summed E-state index contributed by atoms with van der Waals surface area (Å²) in [6, 6.07) is 18.1. The molecule has 1 heterocycles. The number of carbonyl (C=O) groups excluding carboxylic acids is 1. The summed E-state index contributed by atoms with van der Waals surface area (Å²) >= 11 is 15.4. The van der Waals surface area contributed by atoms with Crippen LogP contribution in [0.2, 0.25) is 10.0 Å². The molecule has 0 spiro atoms. The molecular formula is C24H16BrCl2NO4. The summed E-state index contributed by atoms with van der Waals surface area (Å²) in [5, 5.41) is 0.759. The van der Waals surface area contributed by atoms with Crippen LogP contribution in [-0.2, 0) is 16.1 Å². The van der Waals surface area contributed by atoms with E-state index in [1.165, 1.54) is 0 Å². The lowest BCUT2D eigenvalue weighted by Gasteiger charge is -2.11. The fraction of sp³-hybridized carbons (Fsp3) is 0.0833. The molecule has 3 aromatic carbocycles. The maximum atomic E-state index is 12.3. The molecule has 0 fully saturated rings. The Bertz CT molecular complexity index is 1240. The summed E-state index contributed by atoms with van der Waals surface area (Å²) in [5.41, 5.74) is 2.46. The van der Waals surface area contributed by atoms with E-state index in [9.17, 15) is 4.79 Å². The van der Waals surface area contributed by atoms with Crippen LogP contribution in [0.15, 0.2) is 75.8 Å². The molecular weight excluding hydrogens is 517 g/mol. The maximum absolute atomic E-state index is 12.3. The first-order chi connectivity index (χ1) is 15.4. The third-order valence-corrected chi connectivity index (χ3v) is 5.85. The van der Waals surface area contributed by atoms with Gasteiger partial charge in [-0.15, -0.1) is 0 Å². The Morgan fingerprint density at radius 1 is 1.00 bits per heavy atom. The number of benzene rings is 3. The Morgan fingerprint density at radius 3 is 2.50 bits per heavy atom. The third-order valence-electron chi connectivity index (χ3n) is 4.59. The van der Waals surface area contributed by atoms with Gasteiger partial charge in [-0.3, -0.25) is 0 Å². The SMILES string of the molecule is COc1cc(/C=C2\N=C(c3ccc(Cl)c(Cl)c3)OC2=O)ccc1OCc1ccc(Br)cc1. The van der Waals surface area contributed by atoms with E-state index < -0.39 is 5.97 Å². The molecule has 0 N–H and O–H groups in total. The molecule has 3 aromatic rings. The number of cyclic esters (lactones) is 1. The van der Waals surface area contributed by atoms with E-state index in [1.54, 1.807) is 43.5 Å². The van der Waals surface area contributed by atoms with Gasteiger partial charge in [0, 0.05) is 10.0 Å².